The van der Waals surface area contributed by atoms with Gasteiger partial charge in [-0.15, -0.1) is 0 Å². The Morgan fingerprint density at radius 1 is 1.03 bits per heavy atom. The van der Waals surface area contributed by atoms with Crippen molar-refractivity contribution in [2.24, 2.45) is 0 Å². The molecule has 0 aliphatic rings. The van der Waals surface area contributed by atoms with Crippen LogP contribution >= 0.6 is 0 Å². The number of benzene rings is 2. The number of hydrogen-bond acceptors (Lipinski definition) is 6. The van der Waals surface area contributed by atoms with Crippen molar-refractivity contribution >= 4 is 17.5 Å². The summed E-state index contributed by atoms with van der Waals surface area (Å²) in [5.74, 6) is -0.462. The number of aliphatic carboxylic acids is 1. The maximum atomic E-state index is 13.8. The first-order chi connectivity index (χ1) is 17.1. The lowest BCUT2D eigenvalue weighted by Gasteiger charge is -2.14. The Kier molecular flexibility index (Phi) is 6.51. The van der Waals surface area contributed by atoms with Gasteiger partial charge in [0, 0.05) is 12.6 Å². The van der Waals surface area contributed by atoms with E-state index >= 15 is 0 Å². The summed E-state index contributed by atoms with van der Waals surface area (Å²) in [4.78, 5) is 28.7. The average molecular weight is 500 g/mol. The first kappa shape index (κ1) is 24.5. The monoisotopic (exact) mass is 500 g/mol. The van der Waals surface area contributed by atoms with Crippen LogP contribution < -0.4 is 9.47 Å². The smallest absolute Gasteiger partial charge is 0.433 e. The number of hydrogen-bond donors (Lipinski definition) is 1. The standard InChI is InChI=1S/C24H19F3N4O5/c1-30(13-21(32)33)23(34)18-12-28-31-20(24(25,26)27)11-19(29-22(18)31)14-3-5-16(6-4-14)36-17-9-7-15(35-2)8-10-17/h3-12H,13H2,1-2H3,(H,32,33). The number of fused-ring (bicyclic) bond motifs is 1. The summed E-state index contributed by atoms with van der Waals surface area (Å²) >= 11 is 0. The number of aromatic nitrogens is 3. The van der Waals surface area contributed by atoms with Crippen LogP contribution in [0.5, 0.6) is 17.2 Å². The molecule has 0 unspecified atom stereocenters. The lowest BCUT2D eigenvalue weighted by atomic mass is 10.1. The van der Waals surface area contributed by atoms with Crippen molar-refractivity contribution in [3.05, 3.63) is 72.1 Å². The molecule has 0 atom stereocenters. The number of likely N-dealkylation sites (N-methyl/N-ethyl adjacent to an activating group) is 1. The number of carbonyl (C=O) groups is 2. The Hall–Kier alpha value is -4.61. The zero-order valence-electron chi connectivity index (χ0n) is 19.0. The summed E-state index contributed by atoms with van der Waals surface area (Å²) in [5.41, 5.74) is -1.46. The topological polar surface area (TPSA) is 106 Å². The number of amides is 1. The number of alkyl halides is 3. The van der Waals surface area contributed by atoms with E-state index in [1.807, 2.05) is 0 Å². The second-order valence-electron chi connectivity index (χ2n) is 7.67. The van der Waals surface area contributed by atoms with Gasteiger partial charge in [-0.2, -0.15) is 18.3 Å². The van der Waals surface area contributed by atoms with Crippen molar-refractivity contribution in [2.75, 3.05) is 20.7 Å². The van der Waals surface area contributed by atoms with Crippen LogP contribution in [0, 0.1) is 0 Å². The minimum absolute atomic E-state index is 0.0544. The predicted molar refractivity (Wildman–Crippen MR) is 121 cm³/mol. The summed E-state index contributed by atoms with van der Waals surface area (Å²) in [5, 5.41) is 12.6. The number of rotatable bonds is 7. The highest BCUT2D eigenvalue weighted by Gasteiger charge is 2.36. The normalized spacial score (nSPS) is 11.4. The number of carbonyl (C=O) groups excluding carboxylic acids is 1. The van der Waals surface area contributed by atoms with Crippen LogP contribution in [0.1, 0.15) is 16.1 Å². The largest absolute Gasteiger partial charge is 0.497 e. The van der Waals surface area contributed by atoms with E-state index in [9.17, 15) is 22.8 Å². The van der Waals surface area contributed by atoms with Gasteiger partial charge in [0.15, 0.2) is 11.3 Å². The van der Waals surface area contributed by atoms with E-state index in [0.717, 1.165) is 17.2 Å². The van der Waals surface area contributed by atoms with Gasteiger partial charge in [0.2, 0.25) is 0 Å². The van der Waals surface area contributed by atoms with Crippen molar-refractivity contribution in [1.82, 2.24) is 19.5 Å². The van der Waals surface area contributed by atoms with Crippen molar-refractivity contribution in [3.8, 4) is 28.5 Å². The maximum Gasteiger partial charge on any atom is 0.433 e. The molecule has 2 heterocycles. The minimum atomic E-state index is -4.80. The molecule has 0 saturated carbocycles. The molecule has 1 amide bonds. The lowest BCUT2D eigenvalue weighted by Crippen LogP contribution is -2.32. The molecule has 0 aliphatic carbocycles. The Morgan fingerprint density at radius 3 is 2.17 bits per heavy atom. The fourth-order valence-electron chi connectivity index (χ4n) is 3.42. The molecule has 9 nitrogen and oxygen atoms in total. The van der Waals surface area contributed by atoms with Gasteiger partial charge in [-0.3, -0.25) is 9.59 Å². The highest BCUT2D eigenvalue weighted by molar-refractivity contribution is 6.00. The van der Waals surface area contributed by atoms with Crippen LogP contribution in [0.3, 0.4) is 0 Å². The molecule has 0 bridgehead atoms. The molecule has 1 N–H and O–H groups in total. The van der Waals surface area contributed by atoms with Gasteiger partial charge in [-0.25, -0.2) is 9.50 Å². The third kappa shape index (κ3) is 5.06. The Bertz CT molecular complexity index is 1420. The molecule has 0 radical (unpaired) electrons. The summed E-state index contributed by atoms with van der Waals surface area (Å²) < 4.78 is 52.8. The van der Waals surface area contributed by atoms with Crippen LogP contribution in [0.4, 0.5) is 13.2 Å². The second-order valence-corrected chi connectivity index (χ2v) is 7.67. The van der Waals surface area contributed by atoms with Gasteiger partial charge in [0.25, 0.3) is 5.91 Å². The van der Waals surface area contributed by atoms with E-state index in [1.165, 1.54) is 19.2 Å². The van der Waals surface area contributed by atoms with E-state index in [1.54, 1.807) is 43.5 Å². The number of nitrogens with zero attached hydrogens (tertiary/aromatic N) is 4. The molecule has 186 valence electrons. The molecule has 2 aromatic carbocycles. The third-order valence-corrected chi connectivity index (χ3v) is 5.16. The van der Waals surface area contributed by atoms with Crippen LogP contribution in [-0.4, -0.2) is 57.2 Å². The molecule has 4 rings (SSSR count). The Labute approximate surface area is 202 Å². The molecule has 0 fully saturated rings. The zero-order valence-corrected chi connectivity index (χ0v) is 19.0. The first-order valence-electron chi connectivity index (χ1n) is 10.4. The van der Waals surface area contributed by atoms with E-state index in [0.29, 0.717) is 27.3 Å². The van der Waals surface area contributed by atoms with Crippen molar-refractivity contribution in [3.63, 3.8) is 0 Å². The van der Waals surface area contributed by atoms with Gasteiger partial charge < -0.3 is 19.5 Å². The minimum Gasteiger partial charge on any atom is -0.497 e. The lowest BCUT2D eigenvalue weighted by molar-refractivity contribution is -0.142. The van der Waals surface area contributed by atoms with Crippen molar-refractivity contribution < 1.29 is 37.3 Å². The molecular formula is C24H19F3N4O5. The summed E-state index contributed by atoms with van der Waals surface area (Å²) in [6, 6.07) is 13.9. The quantitative estimate of drug-likeness (QED) is 0.402. The van der Waals surface area contributed by atoms with Crippen LogP contribution in [-0.2, 0) is 11.0 Å². The molecule has 36 heavy (non-hydrogen) atoms. The molecule has 0 aliphatic heterocycles. The van der Waals surface area contributed by atoms with Crippen LogP contribution in [0.15, 0.2) is 60.8 Å². The van der Waals surface area contributed by atoms with Crippen molar-refractivity contribution in [1.29, 1.82) is 0 Å². The number of carboxylic acids is 1. The fraction of sp³-hybridized carbons (Fsp3) is 0.167. The van der Waals surface area contributed by atoms with Gasteiger partial charge in [0.05, 0.1) is 19.0 Å². The van der Waals surface area contributed by atoms with Crippen molar-refractivity contribution in [2.45, 2.75) is 6.18 Å². The van der Waals surface area contributed by atoms with Crippen LogP contribution in [0.25, 0.3) is 16.9 Å². The van der Waals surface area contributed by atoms with E-state index in [4.69, 9.17) is 14.6 Å². The Balaban J connectivity index is 1.71. The summed E-state index contributed by atoms with van der Waals surface area (Å²) in [7, 11) is 2.76. The average Bonchev–Trinajstić information content (AvgIpc) is 3.26. The zero-order chi connectivity index (χ0) is 26.0. The molecule has 0 spiro atoms. The van der Waals surface area contributed by atoms with Gasteiger partial charge in [-0.1, -0.05) is 0 Å². The SMILES string of the molecule is COc1ccc(Oc2ccc(-c3cc(C(F)(F)F)n4ncc(C(=O)N(C)CC(=O)O)c4n3)cc2)cc1. The number of ether oxygens (including phenoxy) is 2. The van der Waals surface area contributed by atoms with E-state index in [2.05, 4.69) is 10.1 Å². The highest BCUT2D eigenvalue weighted by Crippen LogP contribution is 2.33. The van der Waals surface area contributed by atoms with Crippen LogP contribution in [0.2, 0.25) is 0 Å². The molecule has 0 saturated heterocycles. The number of methoxy groups -OCH3 is 1. The molecular weight excluding hydrogens is 481 g/mol. The van der Waals surface area contributed by atoms with Gasteiger partial charge in [0.1, 0.15) is 29.4 Å². The summed E-state index contributed by atoms with van der Waals surface area (Å²) in [6.07, 6.45) is -3.86. The third-order valence-electron chi connectivity index (χ3n) is 5.16. The maximum absolute atomic E-state index is 13.8. The molecule has 4 aromatic rings. The first-order valence-corrected chi connectivity index (χ1v) is 10.4. The van der Waals surface area contributed by atoms with Gasteiger partial charge in [-0.05, 0) is 54.6 Å². The number of carboxylic acid groups (broad SMARTS) is 1. The number of halogens is 3. The van der Waals surface area contributed by atoms with Gasteiger partial charge >= 0.3 is 12.1 Å². The molecule has 12 heteroatoms. The van der Waals surface area contributed by atoms with E-state index < -0.39 is 30.3 Å². The predicted octanol–water partition coefficient (Wildman–Crippen LogP) is 4.37. The highest BCUT2D eigenvalue weighted by atomic mass is 19.4. The Morgan fingerprint density at radius 2 is 1.61 bits per heavy atom. The fourth-order valence-corrected chi connectivity index (χ4v) is 3.42. The van der Waals surface area contributed by atoms with E-state index in [-0.39, 0.29) is 16.9 Å². The summed E-state index contributed by atoms with van der Waals surface area (Å²) in [6.45, 7) is -0.641. The second kappa shape index (κ2) is 9.56. The molecule has 2 aromatic heterocycles.